The van der Waals surface area contributed by atoms with E-state index in [1.165, 1.54) is 7.11 Å². The van der Waals surface area contributed by atoms with E-state index in [-0.39, 0.29) is 44.9 Å². The van der Waals surface area contributed by atoms with Crippen molar-refractivity contribution in [1.29, 1.82) is 0 Å². The number of aliphatic hydroxyl groups excluding tert-OH is 2. The fourth-order valence-electron chi connectivity index (χ4n) is 8.91. The second kappa shape index (κ2) is 16.8. The summed E-state index contributed by atoms with van der Waals surface area (Å²) >= 11 is 0. The number of fused-ring (bicyclic) bond motifs is 1. The lowest BCUT2D eigenvalue weighted by atomic mass is 9.65. The Bertz CT molecular complexity index is 1720. The van der Waals surface area contributed by atoms with Gasteiger partial charge in [0, 0.05) is 25.1 Å². The number of rotatable bonds is 12. The molecule has 0 radical (unpaired) electrons. The van der Waals surface area contributed by atoms with Crippen LogP contribution in [0.1, 0.15) is 57.8 Å². The van der Waals surface area contributed by atoms with Gasteiger partial charge in [-0.2, -0.15) is 35.5 Å². The molecule has 0 aromatic rings. The van der Waals surface area contributed by atoms with Gasteiger partial charge in [0.1, 0.15) is 29.1 Å². The van der Waals surface area contributed by atoms with Crippen molar-refractivity contribution in [2.45, 2.75) is 129 Å². The lowest BCUT2D eigenvalue weighted by Crippen LogP contribution is -2.77. The number of aliphatic hydroxyl groups is 2. The first-order valence-corrected chi connectivity index (χ1v) is 22.0. The van der Waals surface area contributed by atoms with Crippen LogP contribution >= 0.6 is 0 Å². The fraction of sp³-hybridized carbons (Fsp3) is 0.929. The molecule has 12 N–H and O–H groups in total. The van der Waals surface area contributed by atoms with E-state index in [1.54, 1.807) is 0 Å². The van der Waals surface area contributed by atoms with Crippen molar-refractivity contribution in [3.8, 4) is 0 Å². The molecule has 23 nitrogen and oxygen atoms in total. The maximum absolute atomic E-state index is 12.7. The van der Waals surface area contributed by atoms with E-state index < -0.39 is 143 Å². The van der Waals surface area contributed by atoms with E-state index in [2.05, 4.69) is 36.8 Å². The molecule has 5 rings (SSSR count). The van der Waals surface area contributed by atoms with Crippen molar-refractivity contribution >= 4 is 42.3 Å². The Morgan fingerprint density at radius 2 is 1.26 bits per heavy atom. The summed E-state index contributed by atoms with van der Waals surface area (Å²) < 4.78 is 110. The average Bonchev–Trinajstić information content (AvgIpc) is 3.05. The zero-order valence-corrected chi connectivity index (χ0v) is 31.5. The van der Waals surface area contributed by atoms with Crippen molar-refractivity contribution in [2.75, 3.05) is 7.11 Å². The molecule has 5 fully saturated rings. The van der Waals surface area contributed by atoms with E-state index in [1.807, 2.05) is 0 Å². The van der Waals surface area contributed by atoms with Gasteiger partial charge in [-0.3, -0.25) is 49.8 Å². The molecule has 0 amide bonds. The zero-order chi connectivity index (χ0) is 39.9. The predicted molar refractivity (Wildman–Crippen MR) is 183 cm³/mol. The zero-order valence-electron chi connectivity index (χ0n) is 29.0. The van der Waals surface area contributed by atoms with Crippen LogP contribution in [0.3, 0.4) is 0 Å². The van der Waals surface area contributed by atoms with Gasteiger partial charge in [-0.25, -0.2) is 0 Å². The standard InChI is InChI=1S/C28H49N7O16S3/c1-51-15-2-3-17(19(9-15)53(45,46)47)29-26-31-27(33-28(41)32-26)30-18-10-16(52(42,43)44)7-11-8-20(54(48,49)50)22(23(36)21(11)18)35-34-14-5-12(24(37)38)4-13(6-14)25(39)40/h11-23,26-33,36,41H,2-10H2,1H3,(H,37,38)(H,39,40)(H,42,43,44)(H,45,46,47)(H,48,49,50). The molecule has 1 aliphatic heterocycles. The Labute approximate surface area is 311 Å². The van der Waals surface area contributed by atoms with Crippen LogP contribution in [0.25, 0.3) is 0 Å². The Balaban J connectivity index is 1.39. The van der Waals surface area contributed by atoms with Crippen LogP contribution in [0.2, 0.25) is 0 Å². The molecule has 310 valence electrons. The summed E-state index contributed by atoms with van der Waals surface area (Å²) in [7, 11) is -12.8. The van der Waals surface area contributed by atoms with Gasteiger partial charge in [0.15, 0.2) is 6.35 Å². The summed E-state index contributed by atoms with van der Waals surface area (Å²) in [6.45, 7) is 0. The molecule has 0 spiro atoms. The summed E-state index contributed by atoms with van der Waals surface area (Å²) in [5.74, 6) is -6.62. The number of carboxylic acid groups (broad SMARTS) is 2. The van der Waals surface area contributed by atoms with Crippen molar-refractivity contribution in [3.05, 3.63) is 0 Å². The molecular formula is C28H49N7O16S3. The van der Waals surface area contributed by atoms with Crippen LogP contribution in [0.4, 0.5) is 0 Å². The van der Waals surface area contributed by atoms with Gasteiger partial charge in [-0.15, -0.1) is 0 Å². The van der Waals surface area contributed by atoms with Gasteiger partial charge in [0.2, 0.25) is 0 Å². The van der Waals surface area contributed by atoms with Crippen molar-refractivity contribution in [1.82, 2.24) is 26.6 Å². The van der Waals surface area contributed by atoms with Gasteiger partial charge in [0.25, 0.3) is 30.4 Å². The first-order chi connectivity index (χ1) is 25.0. The second-order valence-corrected chi connectivity index (χ2v) is 19.9. The second-order valence-electron chi connectivity index (χ2n) is 14.9. The Morgan fingerprint density at radius 1 is 0.685 bits per heavy atom. The van der Waals surface area contributed by atoms with Crippen molar-refractivity contribution in [3.63, 3.8) is 0 Å². The quantitative estimate of drug-likeness (QED) is 0.0691. The molecule has 54 heavy (non-hydrogen) atoms. The van der Waals surface area contributed by atoms with Crippen molar-refractivity contribution < 1.29 is 73.7 Å². The van der Waals surface area contributed by atoms with Crippen LogP contribution in [0, 0.1) is 23.7 Å². The summed E-state index contributed by atoms with van der Waals surface area (Å²) in [6.07, 6.45) is -6.48. The molecule has 0 aromatic heterocycles. The number of hydrogen-bond acceptors (Lipinski definition) is 18. The third kappa shape index (κ3) is 10.3. The smallest absolute Gasteiger partial charge is 0.306 e. The highest BCUT2D eigenvalue weighted by Gasteiger charge is 2.56. The number of ether oxygens (including phenoxy) is 1. The van der Waals surface area contributed by atoms with E-state index in [4.69, 9.17) is 4.74 Å². The van der Waals surface area contributed by atoms with Crippen LogP contribution in [0.5, 0.6) is 0 Å². The molecule has 15 atom stereocenters. The third-order valence-corrected chi connectivity index (χ3v) is 15.3. The summed E-state index contributed by atoms with van der Waals surface area (Å²) in [5.41, 5.74) is 0. The summed E-state index contributed by atoms with van der Waals surface area (Å²) in [6, 6.07) is -4.51. The summed E-state index contributed by atoms with van der Waals surface area (Å²) in [5, 5.41) is 59.7. The van der Waals surface area contributed by atoms with Crippen LogP contribution in [-0.2, 0) is 44.7 Å². The van der Waals surface area contributed by atoms with Crippen molar-refractivity contribution in [2.24, 2.45) is 33.9 Å². The van der Waals surface area contributed by atoms with Gasteiger partial charge >= 0.3 is 11.9 Å². The average molecular weight is 836 g/mol. The molecule has 0 aromatic carbocycles. The van der Waals surface area contributed by atoms with E-state index in [9.17, 15) is 68.9 Å². The summed E-state index contributed by atoms with van der Waals surface area (Å²) in [4.78, 5) is 23.4. The number of nitrogens with zero attached hydrogens (tertiary/aromatic N) is 2. The molecule has 0 bridgehead atoms. The molecule has 4 saturated carbocycles. The number of aliphatic carboxylic acids is 2. The van der Waals surface area contributed by atoms with Crippen LogP contribution < -0.4 is 26.6 Å². The maximum atomic E-state index is 12.7. The Morgan fingerprint density at radius 3 is 1.78 bits per heavy atom. The molecule has 5 aliphatic rings. The highest BCUT2D eigenvalue weighted by Crippen LogP contribution is 2.46. The first kappa shape index (κ1) is 43.1. The lowest BCUT2D eigenvalue weighted by molar-refractivity contribution is -0.148. The SMILES string of the molecule is COC1CCC(NC2NC(O)NC(NC3CC(S(=O)(=O)O)CC4CC(S(=O)(=O)O)C(N=NC5CC(C(=O)O)CC(C(=O)O)C5)C(O)C43)N2)C(S(=O)(=O)O)C1. The lowest BCUT2D eigenvalue weighted by Gasteiger charge is -2.51. The Kier molecular flexibility index (Phi) is 13.4. The molecular weight excluding hydrogens is 787 g/mol. The maximum Gasteiger partial charge on any atom is 0.306 e. The Hall–Kier alpha value is -2.05. The minimum atomic E-state index is -4.98. The number of azo groups is 1. The number of methoxy groups -OCH3 is 1. The normalized spacial score (nSPS) is 42.6. The monoisotopic (exact) mass is 835 g/mol. The largest absolute Gasteiger partial charge is 0.481 e. The number of carbonyl (C=O) groups is 2. The van der Waals surface area contributed by atoms with Gasteiger partial charge < -0.3 is 25.2 Å². The van der Waals surface area contributed by atoms with Crippen LogP contribution in [-0.4, -0.2) is 149 Å². The first-order valence-electron chi connectivity index (χ1n) is 17.5. The predicted octanol–water partition coefficient (Wildman–Crippen LogP) is -2.94. The molecule has 15 unspecified atom stereocenters. The number of nitrogens with one attached hydrogen (secondary N) is 5. The highest BCUT2D eigenvalue weighted by molar-refractivity contribution is 7.87. The van der Waals surface area contributed by atoms with Gasteiger partial charge in [-0.05, 0) is 63.7 Å². The molecule has 1 saturated heterocycles. The van der Waals surface area contributed by atoms with Crippen LogP contribution in [0.15, 0.2) is 10.2 Å². The van der Waals surface area contributed by atoms with E-state index in [0.717, 1.165) is 0 Å². The van der Waals surface area contributed by atoms with Gasteiger partial charge in [0.05, 0.1) is 35.3 Å². The highest BCUT2D eigenvalue weighted by atomic mass is 32.2. The van der Waals surface area contributed by atoms with E-state index >= 15 is 0 Å². The fourth-order valence-corrected chi connectivity index (χ4v) is 12.0. The number of carboxylic acids is 2. The minimum Gasteiger partial charge on any atom is -0.481 e. The van der Waals surface area contributed by atoms with Gasteiger partial charge in [-0.1, -0.05) is 0 Å². The molecule has 26 heteroatoms. The minimum absolute atomic E-state index is 0.00760. The van der Waals surface area contributed by atoms with E-state index in [0.29, 0.717) is 6.42 Å². The topological polar surface area (TPSA) is 372 Å². The third-order valence-electron chi connectivity index (χ3n) is 11.5. The molecule has 1 heterocycles. The number of hydrogen-bond donors (Lipinski definition) is 12. The molecule has 4 aliphatic carbocycles.